The van der Waals surface area contributed by atoms with Crippen molar-refractivity contribution in [1.29, 1.82) is 0 Å². The van der Waals surface area contributed by atoms with Crippen molar-refractivity contribution in [2.24, 2.45) is 0 Å². The normalized spacial score (nSPS) is 11.1. The molecule has 0 fully saturated rings. The van der Waals surface area contributed by atoms with Crippen LogP contribution in [-0.4, -0.2) is 26.1 Å². The predicted molar refractivity (Wildman–Crippen MR) is 124 cm³/mol. The zero-order valence-electron chi connectivity index (χ0n) is 16.6. The minimum atomic E-state index is 0.791. The number of aryl methyl sites for hydroxylation is 1. The lowest BCUT2D eigenvalue weighted by Gasteiger charge is -2.11. The van der Waals surface area contributed by atoms with E-state index in [1.807, 2.05) is 17.6 Å². The molecular formula is C24H21N5S. The van der Waals surface area contributed by atoms with Crippen LogP contribution >= 0.6 is 11.3 Å². The summed E-state index contributed by atoms with van der Waals surface area (Å²) in [6.45, 7) is 3.82. The smallest absolute Gasteiger partial charge is 0.130 e. The summed E-state index contributed by atoms with van der Waals surface area (Å²) in [7, 11) is 0. The molecule has 0 saturated carbocycles. The first-order valence-electron chi connectivity index (χ1n) is 9.89. The van der Waals surface area contributed by atoms with Crippen LogP contribution in [0.4, 0.5) is 5.82 Å². The molecule has 5 rings (SSSR count). The van der Waals surface area contributed by atoms with Crippen molar-refractivity contribution >= 4 is 28.1 Å². The van der Waals surface area contributed by atoms with Crippen LogP contribution < -0.4 is 5.32 Å². The summed E-state index contributed by atoms with van der Waals surface area (Å²) in [5.74, 6) is 0.832. The van der Waals surface area contributed by atoms with Crippen molar-refractivity contribution in [2.45, 2.75) is 13.5 Å². The van der Waals surface area contributed by atoms with Gasteiger partial charge in [0.2, 0.25) is 0 Å². The minimum Gasteiger partial charge on any atom is -0.368 e. The van der Waals surface area contributed by atoms with Gasteiger partial charge in [-0.15, -0.1) is 11.3 Å². The van der Waals surface area contributed by atoms with Crippen LogP contribution in [0.2, 0.25) is 0 Å². The molecule has 148 valence electrons. The van der Waals surface area contributed by atoms with Gasteiger partial charge in [-0.3, -0.25) is 0 Å². The number of nitrogens with zero attached hydrogens (tertiary/aromatic N) is 4. The van der Waals surface area contributed by atoms with E-state index in [9.17, 15) is 0 Å². The summed E-state index contributed by atoms with van der Waals surface area (Å²) in [5, 5.41) is 7.73. The molecule has 0 aliphatic carbocycles. The lowest BCUT2D eigenvalue weighted by Crippen LogP contribution is -2.12. The van der Waals surface area contributed by atoms with E-state index in [4.69, 9.17) is 0 Å². The fraction of sp³-hybridized carbons (Fsp3) is 0.125. The Hall–Kier alpha value is -3.51. The number of rotatable bonds is 6. The first-order chi connectivity index (χ1) is 14.8. The number of aromatic nitrogens is 4. The Morgan fingerprint density at radius 2 is 1.77 bits per heavy atom. The number of anilines is 1. The van der Waals surface area contributed by atoms with Gasteiger partial charge in [0.05, 0.1) is 5.69 Å². The Morgan fingerprint density at radius 3 is 2.60 bits per heavy atom. The number of benzene rings is 2. The van der Waals surface area contributed by atoms with Gasteiger partial charge in [-0.2, -0.15) is 0 Å². The molecule has 30 heavy (non-hydrogen) atoms. The molecule has 0 amide bonds. The number of nitrogens with one attached hydrogen (secondary N) is 1. The highest BCUT2D eigenvalue weighted by Gasteiger charge is 2.07. The molecule has 0 radical (unpaired) electrons. The molecule has 0 aliphatic rings. The van der Waals surface area contributed by atoms with Crippen LogP contribution in [0.25, 0.3) is 32.7 Å². The van der Waals surface area contributed by atoms with Crippen molar-refractivity contribution in [2.75, 3.05) is 11.9 Å². The zero-order valence-corrected chi connectivity index (χ0v) is 17.4. The lowest BCUT2D eigenvalue weighted by atomic mass is 10.1. The number of thiazole rings is 1. The van der Waals surface area contributed by atoms with Gasteiger partial charge >= 0.3 is 0 Å². The van der Waals surface area contributed by atoms with Gasteiger partial charge in [-0.1, -0.05) is 42.5 Å². The first-order valence-corrected chi connectivity index (χ1v) is 10.8. The summed E-state index contributed by atoms with van der Waals surface area (Å²) in [4.78, 5) is 13.2. The summed E-state index contributed by atoms with van der Waals surface area (Å²) < 4.78 is 2.34. The molecule has 0 bridgehead atoms. The molecule has 1 N–H and O–H groups in total. The quantitative estimate of drug-likeness (QED) is 0.393. The van der Waals surface area contributed by atoms with Gasteiger partial charge in [0.15, 0.2) is 0 Å². The van der Waals surface area contributed by atoms with Gasteiger partial charge in [0.25, 0.3) is 0 Å². The average molecular weight is 412 g/mol. The van der Waals surface area contributed by atoms with Gasteiger partial charge < -0.3 is 9.88 Å². The topological polar surface area (TPSA) is 55.6 Å². The van der Waals surface area contributed by atoms with E-state index in [0.717, 1.165) is 40.7 Å². The number of hydrogen-bond donors (Lipinski definition) is 1. The molecule has 3 aromatic heterocycles. The van der Waals surface area contributed by atoms with Gasteiger partial charge in [-0.25, -0.2) is 15.0 Å². The van der Waals surface area contributed by atoms with Crippen molar-refractivity contribution in [3.05, 3.63) is 84.3 Å². The molecular weight excluding hydrogens is 390 g/mol. The summed E-state index contributed by atoms with van der Waals surface area (Å²) in [6, 6.07) is 21.1. The maximum Gasteiger partial charge on any atom is 0.130 e. The standard InChI is InChI=1S/C24H21N5S/c1-17-14-20-4-2-3-5-22(20)29(17)12-10-25-23-15-21(27-16-28-23)18-6-8-19(9-7-18)24-26-11-13-30-24/h2-9,11,13-16H,10,12H2,1H3,(H,25,27,28). The van der Waals surface area contributed by atoms with Crippen LogP contribution in [0.5, 0.6) is 0 Å². The molecule has 6 heteroatoms. The van der Waals surface area contributed by atoms with Crippen molar-refractivity contribution in [3.63, 3.8) is 0 Å². The first kappa shape index (κ1) is 18.5. The average Bonchev–Trinajstić information content (AvgIpc) is 3.43. The molecule has 0 spiro atoms. The fourth-order valence-electron chi connectivity index (χ4n) is 3.70. The highest BCUT2D eigenvalue weighted by Crippen LogP contribution is 2.26. The second-order valence-electron chi connectivity index (χ2n) is 7.13. The Kier molecular flexibility index (Phi) is 4.99. The summed E-state index contributed by atoms with van der Waals surface area (Å²) in [6.07, 6.45) is 3.44. The van der Waals surface area contributed by atoms with Crippen LogP contribution in [0.3, 0.4) is 0 Å². The van der Waals surface area contributed by atoms with Crippen molar-refractivity contribution in [3.8, 4) is 21.8 Å². The third kappa shape index (κ3) is 3.69. The molecule has 0 aliphatic heterocycles. The van der Waals surface area contributed by atoms with E-state index in [0.29, 0.717) is 0 Å². The van der Waals surface area contributed by atoms with Gasteiger partial charge in [-0.05, 0) is 24.4 Å². The molecule has 0 unspecified atom stereocenters. The molecule has 5 nitrogen and oxygen atoms in total. The van der Waals surface area contributed by atoms with Crippen LogP contribution in [0.15, 0.2) is 78.6 Å². The maximum atomic E-state index is 4.45. The number of hydrogen-bond acceptors (Lipinski definition) is 5. The Labute approximate surface area is 179 Å². The summed E-state index contributed by atoms with van der Waals surface area (Å²) >= 11 is 1.64. The van der Waals surface area contributed by atoms with E-state index >= 15 is 0 Å². The van der Waals surface area contributed by atoms with Crippen LogP contribution in [0, 0.1) is 6.92 Å². The van der Waals surface area contributed by atoms with Crippen LogP contribution in [-0.2, 0) is 6.54 Å². The van der Waals surface area contributed by atoms with Gasteiger partial charge in [0, 0.05) is 53.1 Å². The van der Waals surface area contributed by atoms with E-state index in [1.165, 1.54) is 16.6 Å². The monoisotopic (exact) mass is 411 g/mol. The molecule has 2 aromatic carbocycles. The maximum absolute atomic E-state index is 4.45. The van der Waals surface area contributed by atoms with Gasteiger partial charge in [0.1, 0.15) is 17.2 Å². The number of fused-ring (bicyclic) bond motifs is 1. The molecule has 0 saturated heterocycles. The third-order valence-electron chi connectivity index (χ3n) is 5.19. The highest BCUT2D eigenvalue weighted by molar-refractivity contribution is 7.13. The number of para-hydroxylation sites is 1. The highest BCUT2D eigenvalue weighted by atomic mass is 32.1. The largest absolute Gasteiger partial charge is 0.368 e. The Balaban J connectivity index is 1.29. The molecule has 5 aromatic rings. The van der Waals surface area contributed by atoms with E-state index in [-0.39, 0.29) is 0 Å². The van der Waals surface area contributed by atoms with Crippen LogP contribution in [0.1, 0.15) is 5.69 Å². The minimum absolute atomic E-state index is 0.791. The molecule has 0 atom stereocenters. The Morgan fingerprint density at radius 1 is 0.933 bits per heavy atom. The van der Waals surface area contributed by atoms with E-state index in [1.54, 1.807) is 17.7 Å². The fourth-order valence-corrected chi connectivity index (χ4v) is 4.35. The second-order valence-corrected chi connectivity index (χ2v) is 8.02. The zero-order chi connectivity index (χ0) is 20.3. The van der Waals surface area contributed by atoms with E-state index in [2.05, 4.69) is 86.4 Å². The Bertz CT molecular complexity index is 1270. The third-order valence-corrected chi connectivity index (χ3v) is 6.01. The van der Waals surface area contributed by atoms with Crippen molar-refractivity contribution in [1.82, 2.24) is 19.5 Å². The second kappa shape index (κ2) is 8.08. The summed E-state index contributed by atoms with van der Waals surface area (Å²) in [5.41, 5.74) is 5.62. The SMILES string of the molecule is Cc1cc2ccccc2n1CCNc1cc(-c2ccc(-c3nccs3)cc2)ncn1. The molecule has 3 heterocycles. The lowest BCUT2D eigenvalue weighted by molar-refractivity contribution is 0.733. The van der Waals surface area contributed by atoms with E-state index < -0.39 is 0 Å². The van der Waals surface area contributed by atoms with Crippen molar-refractivity contribution < 1.29 is 0 Å². The predicted octanol–water partition coefficient (Wildman–Crippen LogP) is 5.64.